The number of Topliss-reactive ketones (excluding diaryl/α,β-unsaturated/α-hetero) is 1. The highest BCUT2D eigenvalue weighted by Crippen LogP contribution is 2.64. The van der Waals surface area contributed by atoms with Gasteiger partial charge in [-0.25, -0.2) is 10.8 Å². The summed E-state index contributed by atoms with van der Waals surface area (Å²) in [5, 5.41) is 1.50. The monoisotopic (exact) mass is 424 g/mol. The number of nitrogens with two attached hydrogens (primary N) is 2. The lowest BCUT2D eigenvalue weighted by Crippen LogP contribution is -2.50. The molecule has 170 valence electrons. The van der Waals surface area contributed by atoms with E-state index in [-0.39, 0.29) is 23.7 Å². The molecule has 1 aromatic rings. The van der Waals surface area contributed by atoms with Crippen LogP contribution in [0.15, 0.2) is 18.3 Å². The molecule has 4 saturated carbocycles. The quantitative estimate of drug-likeness (QED) is 0.535. The highest BCUT2D eigenvalue weighted by molar-refractivity contribution is 5.87. The Morgan fingerprint density at radius 3 is 2.74 bits per heavy atom. The Morgan fingerprint density at radius 2 is 1.94 bits per heavy atom. The van der Waals surface area contributed by atoms with E-state index in [0.29, 0.717) is 11.5 Å². The molecule has 4 fully saturated rings. The second-order valence-electron chi connectivity index (χ2n) is 11.5. The van der Waals surface area contributed by atoms with E-state index in [1.807, 2.05) is 12.1 Å². The Balaban J connectivity index is 1.29. The molecule has 1 heterocycles. The number of hydrazine groups is 1. The van der Waals surface area contributed by atoms with Crippen LogP contribution >= 0.6 is 0 Å². The first-order valence-corrected chi connectivity index (χ1v) is 12.6. The highest BCUT2D eigenvalue weighted by atomic mass is 16.1. The van der Waals surface area contributed by atoms with Crippen LogP contribution < -0.4 is 16.6 Å². The van der Waals surface area contributed by atoms with Gasteiger partial charge in [-0.1, -0.05) is 20.3 Å². The first-order chi connectivity index (χ1) is 14.9. The molecular weight excluding hydrogens is 384 g/mol. The lowest BCUT2D eigenvalue weighted by molar-refractivity contribution is -0.129. The second kappa shape index (κ2) is 8.06. The maximum absolute atomic E-state index is 13.4. The Bertz CT molecular complexity index is 827. The van der Waals surface area contributed by atoms with Crippen molar-refractivity contribution >= 4 is 17.3 Å². The number of hydrogen-bond donors (Lipinski definition) is 2. The molecule has 0 spiro atoms. The predicted molar refractivity (Wildman–Crippen MR) is 125 cm³/mol. The minimum Gasteiger partial charge on any atom is -0.382 e. The van der Waals surface area contributed by atoms with Crippen molar-refractivity contribution in [1.29, 1.82) is 0 Å². The maximum atomic E-state index is 13.4. The lowest BCUT2D eigenvalue weighted by Gasteiger charge is -2.56. The molecule has 0 amide bonds. The third-order valence-corrected chi connectivity index (χ3v) is 10.1. The number of anilines is 2. The highest BCUT2D eigenvalue weighted by Gasteiger charge is 2.58. The van der Waals surface area contributed by atoms with Crippen LogP contribution in [0.3, 0.4) is 0 Å². The van der Waals surface area contributed by atoms with Crippen LogP contribution in [0, 0.1) is 46.8 Å². The number of fused-ring (bicyclic) bond motifs is 5. The maximum Gasteiger partial charge on any atom is 0.157 e. The molecule has 0 radical (unpaired) electrons. The average molecular weight is 425 g/mol. The average Bonchev–Trinajstić information content (AvgIpc) is 3.11. The molecule has 31 heavy (non-hydrogen) atoms. The fourth-order valence-electron chi connectivity index (χ4n) is 8.63. The number of ketones is 1. The van der Waals surface area contributed by atoms with E-state index < -0.39 is 0 Å². The van der Waals surface area contributed by atoms with Gasteiger partial charge < -0.3 is 5.73 Å². The van der Waals surface area contributed by atoms with Crippen molar-refractivity contribution in [3.05, 3.63) is 18.3 Å². The van der Waals surface area contributed by atoms with E-state index in [1.165, 1.54) is 56.4 Å². The van der Waals surface area contributed by atoms with Crippen LogP contribution in [0.1, 0.15) is 71.6 Å². The summed E-state index contributed by atoms with van der Waals surface area (Å²) >= 11 is 0. The summed E-state index contributed by atoms with van der Waals surface area (Å²) in [4.78, 5) is 17.6. The molecule has 8 atom stereocenters. The van der Waals surface area contributed by atoms with Crippen LogP contribution in [0.25, 0.3) is 0 Å². The standard InChI is InChI=1S/C26H40N4O/c1-16-5-7-18-17(14-16)6-8-20-19(18)11-12-26(2)21(20)9-10-22(26)24(31)15-30(28)23-4-3-13-29-25(23)27/h3-4,13,16-22H,5-12,14-15,28H2,1-2H3,(H2,27,29). The zero-order valence-electron chi connectivity index (χ0n) is 19.3. The fraction of sp³-hybridized carbons (Fsp3) is 0.769. The first kappa shape index (κ1) is 21.2. The molecule has 0 saturated heterocycles. The number of nitrogen functional groups attached to an aromatic ring is 1. The van der Waals surface area contributed by atoms with Crippen molar-refractivity contribution in [3.63, 3.8) is 0 Å². The molecule has 8 unspecified atom stereocenters. The number of rotatable bonds is 4. The van der Waals surface area contributed by atoms with Gasteiger partial charge in [0, 0.05) is 12.1 Å². The van der Waals surface area contributed by atoms with E-state index in [9.17, 15) is 4.79 Å². The van der Waals surface area contributed by atoms with Crippen LogP contribution in [-0.2, 0) is 4.79 Å². The molecule has 4 aliphatic rings. The van der Waals surface area contributed by atoms with Gasteiger partial charge in [0.25, 0.3) is 0 Å². The van der Waals surface area contributed by atoms with Gasteiger partial charge in [0.1, 0.15) is 5.82 Å². The Morgan fingerprint density at radius 1 is 1.13 bits per heavy atom. The minimum absolute atomic E-state index is 0.131. The first-order valence-electron chi connectivity index (χ1n) is 12.6. The van der Waals surface area contributed by atoms with Gasteiger partial charge in [-0.2, -0.15) is 0 Å². The van der Waals surface area contributed by atoms with Gasteiger partial charge in [0.2, 0.25) is 0 Å². The Kier molecular flexibility index (Phi) is 5.52. The van der Waals surface area contributed by atoms with Gasteiger partial charge in [-0.15, -0.1) is 0 Å². The third kappa shape index (κ3) is 3.57. The summed E-state index contributed by atoms with van der Waals surface area (Å²) in [6, 6.07) is 3.65. The number of nitrogens with zero attached hydrogens (tertiary/aromatic N) is 2. The van der Waals surface area contributed by atoms with Crippen molar-refractivity contribution in [2.24, 2.45) is 52.7 Å². The van der Waals surface area contributed by atoms with Crippen LogP contribution in [0.4, 0.5) is 11.5 Å². The van der Waals surface area contributed by atoms with Gasteiger partial charge >= 0.3 is 0 Å². The topological polar surface area (TPSA) is 85.2 Å². The molecule has 4 N–H and O–H groups in total. The molecule has 5 nitrogen and oxygen atoms in total. The van der Waals surface area contributed by atoms with E-state index in [0.717, 1.165) is 41.9 Å². The summed E-state index contributed by atoms with van der Waals surface area (Å²) in [6.45, 7) is 5.10. The van der Waals surface area contributed by atoms with E-state index >= 15 is 0 Å². The summed E-state index contributed by atoms with van der Waals surface area (Å²) in [7, 11) is 0. The van der Waals surface area contributed by atoms with Gasteiger partial charge in [0.15, 0.2) is 5.78 Å². The normalized spacial score (nSPS) is 41.7. The molecule has 0 aromatic carbocycles. The molecular formula is C26H40N4O. The lowest BCUT2D eigenvalue weighted by atomic mass is 9.49. The summed E-state index contributed by atoms with van der Waals surface area (Å²) in [6.07, 6.45) is 13.6. The van der Waals surface area contributed by atoms with Crippen molar-refractivity contribution in [3.8, 4) is 0 Å². The number of pyridine rings is 1. The Hall–Kier alpha value is -1.62. The van der Waals surface area contributed by atoms with E-state index in [4.69, 9.17) is 11.6 Å². The summed E-state index contributed by atoms with van der Waals surface area (Å²) < 4.78 is 0. The SMILES string of the molecule is CC1CCC2C(CCC3C2CCC2(C)C(C(=O)CN(N)c4cccnc4N)CCC32)C1. The van der Waals surface area contributed by atoms with Crippen LogP contribution in [0.2, 0.25) is 0 Å². The van der Waals surface area contributed by atoms with Crippen molar-refractivity contribution < 1.29 is 4.79 Å². The summed E-state index contributed by atoms with van der Waals surface area (Å²) in [5.74, 6) is 12.4. The smallest absolute Gasteiger partial charge is 0.157 e. The third-order valence-electron chi connectivity index (χ3n) is 10.1. The van der Waals surface area contributed by atoms with Gasteiger partial charge in [0.05, 0.1) is 12.2 Å². The van der Waals surface area contributed by atoms with E-state index in [1.54, 1.807) is 6.20 Å². The molecule has 5 heteroatoms. The van der Waals surface area contributed by atoms with E-state index in [2.05, 4.69) is 18.8 Å². The number of aromatic nitrogens is 1. The zero-order chi connectivity index (χ0) is 21.8. The van der Waals surface area contributed by atoms with Crippen molar-refractivity contribution in [2.45, 2.75) is 71.6 Å². The van der Waals surface area contributed by atoms with Crippen molar-refractivity contribution in [1.82, 2.24) is 4.98 Å². The molecule has 1 aromatic heterocycles. The summed E-state index contributed by atoms with van der Waals surface area (Å²) in [5.41, 5.74) is 6.76. The van der Waals surface area contributed by atoms with Crippen LogP contribution in [0.5, 0.6) is 0 Å². The number of carbonyl (C=O) groups is 1. The Labute approximate surface area is 187 Å². The largest absolute Gasteiger partial charge is 0.382 e. The molecule has 4 aliphatic carbocycles. The second-order valence-corrected chi connectivity index (χ2v) is 11.5. The fourth-order valence-corrected chi connectivity index (χ4v) is 8.63. The van der Waals surface area contributed by atoms with Crippen molar-refractivity contribution in [2.75, 3.05) is 17.3 Å². The van der Waals surface area contributed by atoms with Gasteiger partial charge in [-0.3, -0.25) is 9.80 Å². The molecule has 0 aliphatic heterocycles. The van der Waals surface area contributed by atoms with Crippen LogP contribution in [-0.4, -0.2) is 17.3 Å². The number of carbonyl (C=O) groups excluding carboxylic acids is 1. The van der Waals surface area contributed by atoms with Gasteiger partial charge in [-0.05, 0) is 104 Å². The molecule has 5 rings (SSSR count). The predicted octanol–water partition coefficient (Wildman–Crippen LogP) is 4.82. The minimum atomic E-state index is 0.131. The number of hydrogen-bond acceptors (Lipinski definition) is 5. The molecule has 0 bridgehead atoms. The zero-order valence-corrected chi connectivity index (χ0v) is 19.3.